The smallest absolute Gasteiger partial charge is 0.237 e. The summed E-state index contributed by atoms with van der Waals surface area (Å²) in [6.07, 6.45) is 5.15. The molecule has 0 aromatic heterocycles. The maximum atomic E-state index is 12.2. The quantitative estimate of drug-likeness (QED) is 0.0972. The van der Waals surface area contributed by atoms with Gasteiger partial charge in [0.15, 0.2) is 5.96 Å². The van der Waals surface area contributed by atoms with E-state index in [-0.39, 0.29) is 23.7 Å². The summed E-state index contributed by atoms with van der Waals surface area (Å²) < 4.78 is 5.77. The number of aliphatic imine (C=N–C) groups is 1. The summed E-state index contributed by atoms with van der Waals surface area (Å²) in [5.41, 5.74) is 24.8. The summed E-state index contributed by atoms with van der Waals surface area (Å²) in [5, 5.41) is 2.83. The van der Waals surface area contributed by atoms with E-state index < -0.39 is 6.04 Å². The Balaban J connectivity index is 1.56. The van der Waals surface area contributed by atoms with Crippen LogP contribution in [0.2, 0.25) is 0 Å². The predicted octanol–water partition coefficient (Wildman–Crippen LogP) is 2.01. The van der Waals surface area contributed by atoms with Gasteiger partial charge in [-0.25, -0.2) is 0 Å². The third-order valence-corrected chi connectivity index (χ3v) is 7.90. The number of nitrogens with zero attached hydrogens (tertiary/aromatic N) is 1. The van der Waals surface area contributed by atoms with Crippen molar-refractivity contribution >= 4 is 39.4 Å². The Bertz CT molecular complexity index is 820. The maximum absolute atomic E-state index is 12.2. The number of carbonyl (C=O) groups excluding carboxylic acids is 2. The molecule has 34 heavy (non-hydrogen) atoms. The molecule has 1 unspecified atom stereocenters. The molecule has 2 rings (SSSR count). The van der Waals surface area contributed by atoms with Gasteiger partial charge in [-0.1, -0.05) is 46.9 Å². The summed E-state index contributed by atoms with van der Waals surface area (Å²) in [4.78, 5) is 27.8. The molecule has 11 heteroatoms. The topological polar surface area (TPSA) is 172 Å². The summed E-state index contributed by atoms with van der Waals surface area (Å²) in [6.45, 7) is 1.34. The van der Waals surface area contributed by atoms with Gasteiger partial charge in [0.05, 0.1) is 12.6 Å². The normalized spacial score (nSPS) is 14.5. The molecule has 1 aliphatic heterocycles. The molecular formula is C23H38N6O3S2. The summed E-state index contributed by atoms with van der Waals surface area (Å²) in [7, 11) is 3.72. The fourth-order valence-corrected chi connectivity index (χ4v) is 5.91. The number of ether oxygens (including phenoxy) is 1. The average molecular weight is 511 g/mol. The lowest BCUT2D eigenvalue weighted by atomic mass is 9.94. The van der Waals surface area contributed by atoms with Crippen LogP contribution in [0.3, 0.4) is 0 Å². The van der Waals surface area contributed by atoms with Crippen molar-refractivity contribution < 1.29 is 14.3 Å². The first-order valence-electron chi connectivity index (χ1n) is 11.7. The molecule has 2 amide bonds. The Morgan fingerprint density at radius 1 is 1.00 bits per heavy atom. The number of hydrogen-bond donors (Lipinski definition) is 5. The van der Waals surface area contributed by atoms with Crippen LogP contribution in [0.1, 0.15) is 56.1 Å². The fourth-order valence-electron chi connectivity index (χ4n) is 3.68. The first-order chi connectivity index (χ1) is 16.4. The first kappa shape index (κ1) is 28.1. The molecule has 0 spiro atoms. The minimum atomic E-state index is -0.579. The molecule has 1 heterocycles. The van der Waals surface area contributed by atoms with Crippen molar-refractivity contribution in [2.45, 2.75) is 62.5 Å². The van der Waals surface area contributed by atoms with Gasteiger partial charge in [0, 0.05) is 24.0 Å². The minimum absolute atomic E-state index is 0.0762. The Morgan fingerprint density at radius 2 is 1.68 bits per heavy atom. The van der Waals surface area contributed by atoms with Crippen molar-refractivity contribution in [2.75, 3.05) is 19.7 Å². The number of unbranched alkanes of at least 4 members (excludes halogenated alkanes) is 2. The van der Waals surface area contributed by atoms with Crippen LogP contribution in [-0.2, 0) is 21.1 Å². The molecular weight excluding hydrogens is 472 g/mol. The number of rotatable bonds is 16. The van der Waals surface area contributed by atoms with E-state index in [1.807, 2.05) is 27.7 Å². The highest BCUT2D eigenvalue weighted by molar-refractivity contribution is 8.76. The number of guanidine groups is 1. The zero-order valence-electron chi connectivity index (χ0n) is 19.7. The second-order valence-corrected chi connectivity index (χ2v) is 10.8. The van der Waals surface area contributed by atoms with Crippen LogP contribution in [0.15, 0.2) is 23.2 Å². The van der Waals surface area contributed by atoms with Gasteiger partial charge < -0.3 is 33.0 Å². The molecule has 1 aromatic carbocycles. The largest absolute Gasteiger partial charge is 0.492 e. The highest BCUT2D eigenvalue weighted by atomic mass is 33.1. The van der Waals surface area contributed by atoms with Gasteiger partial charge in [-0.05, 0) is 48.9 Å². The number of benzene rings is 1. The van der Waals surface area contributed by atoms with E-state index in [2.05, 4.69) is 22.4 Å². The van der Waals surface area contributed by atoms with E-state index in [0.717, 1.165) is 42.9 Å². The molecule has 0 fully saturated rings. The molecule has 0 saturated heterocycles. The lowest BCUT2D eigenvalue weighted by molar-refractivity contribution is -0.123. The number of primary amides is 1. The van der Waals surface area contributed by atoms with Gasteiger partial charge >= 0.3 is 0 Å². The van der Waals surface area contributed by atoms with Gasteiger partial charge in [0.1, 0.15) is 12.4 Å². The van der Waals surface area contributed by atoms with Crippen LogP contribution in [0.5, 0.6) is 5.75 Å². The molecule has 1 aliphatic rings. The summed E-state index contributed by atoms with van der Waals surface area (Å²) >= 11 is 0. The van der Waals surface area contributed by atoms with E-state index in [4.69, 9.17) is 27.7 Å². The van der Waals surface area contributed by atoms with Gasteiger partial charge in [-0.15, -0.1) is 0 Å². The van der Waals surface area contributed by atoms with Crippen molar-refractivity contribution in [3.63, 3.8) is 0 Å². The molecule has 1 aromatic rings. The molecule has 0 bridgehead atoms. The molecule has 2 atom stereocenters. The summed E-state index contributed by atoms with van der Waals surface area (Å²) in [6, 6.07) is 5.59. The standard InChI is InChI=1S/C23H38N6O3S2/c24-20(7-2-1-5-16(21(25)30)6-3-4-10-29-23(26)27)22(31)28-11-12-32-19-9-8-17-14-33-34-15-18(17)13-19/h8-9,13,16,20H,1-7,10-12,14-15,24H2,(H2,25,30)(H,28,31)(H4,26,27,29)/t16?,20-/m1/s1. The third-order valence-electron chi connectivity index (χ3n) is 5.67. The molecule has 0 aliphatic carbocycles. The molecule has 9 nitrogen and oxygen atoms in total. The number of nitrogens with one attached hydrogen (secondary N) is 1. The average Bonchev–Trinajstić information content (AvgIpc) is 2.82. The fraction of sp³-hybridized carbons (Fsp3) is 0.609. The van der Waals surface area contributed by atoms with Gasteiger partial charge in [-0.3, -0.25) is 14.6 Å². The van der Waals surface area contributed by atoms with Crippen LogP contribution >= 0.6 is 21.6 Å². The molecule has 0 saturated carbocycles. The van der Waals surface area contributed by atoms with Crippen LogP contribution < -0.4 is 33.0 Å². The Morgan fingerprint density at radius 3 is 2.38 bits per heavy atom. The Kier molecular flexibility index (Phi) is 13.0. The van der Waals surface area contributed by atoms with Gasteiger partial charge in [0.25, 0.3) is 0 Å². The predicted molar refractivity (Wildman–Crippen MR) is 141 cm³/mol. The molecule has 190 valence electrons. The number of fused-ring (bicyclic) bond motifs is 1. The minimum Gasteiger partial charge on any atom is -0.492 e. The van der Waals surface area contributed by atoms with Gasteiger partial charge in [-0.2, -0.15) is 0 Å². The highest BCUT2D eigenvalue weighted by Crippen LogP contribution is 2.38. The Hall–Kier alpha value is -2.11. The van der Waals surface area contributed by atoms with Crippen molar-refractivity contribution in [1.29, 1.82) is 0 Å². The van der Waals surface area contributed by atoms with E-state index >= 15 is 0 Å². The van der Waals surface area contributed by atoms with E-state index in [9.17, 15) is 9.59 Å². The monoisotopic (exact) mass is 510 g/mol. The second-order valence-electron chi connectivity index (χ2n) is 8.39. The van der Waals surface area contributed by atoms with E-state index in [1.165, 1.54) is 11.1 Å². The van der Waals surface area contributed by atoms with Crippen LogP contribution in [0.4, 0.5) is 0 Å². The van der Waals surface area contributed by atoms with Crippen molar-refractivity contribution in [1.82, 2.24) is 5.32 Å². The van der Waals surface area contributed by atoms with E-state index in [1.54, 1.807) is 0 Å². The maximum Gasteiger partial charge on any atom is 0.237 e. The first-order valence-corrected chi connectivity index (χ1v) is 14.2. The number of carbonyl (C=O) groups is 2. The lowest BCUT2D eigenvalue weighted by Gasteiger charge is -2.16. The lowest BCUT2D eigenvalue weighted by Crippen LogP contribution is -2.42. The van der Waals surface area contributed by atoms with Crippen LogP contribution in [0.25, 0.3) is 0 Å². The SMILES string of the molecule is NC(=O)C(CCCCN=C(N)N)CCCC[C@@H](N)C(=O)NCCOc1ccc2c(c1)CSSC2. The van der Waals surface area contributed by atoms with Crippen molar-refractivity contribution in [2.24, 2.45) is 33.8 Å². The number of hydrogen-bond acceptors (Lipinski definition) is 7. The van der Waals surface area contributed by atoms with Crippen molar-refractivity contribution in [3.8, 4) is 5.75 Å². The summed E-state index contributed by atoms with van der Waals surface area (Å²) in [5.74, 6) is 2.26. The zero-order chi connectivity index (χ0) is 24.8. The number of nitrogens with two attached hydrogens (primary N) is 4. The van der Waals surface area contributed by atoms with Gasteiger partial charge in [0.2, 0.25) is 11.8 Å². The van der Waals surface area contributed by atoms with Crippen LogP contribution in [0, 0.1) is 5.92 Å². The number of amides is 2. The van der Waals surface area contributed by atoms with Crippen LogP contribution in [-0.4, -0.2) is 43.5 Å². The third kappa shape index (κ3) is 10.9. The second kappa shape index (κ2) is 15.7. The Labute approximate surface area is 210 Å². The van der Waals surface area contributed by atoms with E-state index in [0.29, 0.717) is 39.0 Å². The zero-order valence-corrected chi connectivity index (χ0v) is 21.3. The molecule has 0 radical (unpaired) electrons. The molecule has 9 N–H and O–H groups in total. The van der Waals surface area contributed by atoms with Crippen molar-refractivity contribution in [3.05, 3.63) is 29.3 Å². The highest BCUT2D eigenvalue weighted by Gasteiger charge is 2.17.